The van der Waals surface area contributed by atoms with Crippen LogP contribution in [0.4, 0.5) is 43.9 Å². The van der Waals surface area contributed by atoms with E-state index in [1.165, 1.54) is 25.9 Å². The van der Waals surface area contributed by atoms with Gasteiger partial charge in [-0.05, 0) is 20.8 Å². The molecule has 0 unspecified atom stereocenters. The van der Waals surface area contributed by atoms with Gasteiger partial charge in [0.05, 0.1) is 18.6 Å². The van der Waals surface area contributed by atoms with Crippen molar-refractivity contribution in [3.8, 4) is 0 Å². The first-order chi connectivity index (χ1) is 16.6. The molecule has 38 heavy (non-hydrogen) atoms. The van der Waals surface area contributed by atoms with E-state index in [9.17, 15) is 60.7 Å². The van der Waals surface area contributed by atoms with Crippen LogP contribution >= 0.6 is 0 Å². The van der Waals surface area contributed by atoms with Gasteiger partial charge in [-0.2, -0.15) is 43.9 Å². The van der Waals surface area contributed by atoms with Gasteiger partial charge in [0, 0.05) is 34.2 Å². The summed E-state index contributed by atoms with van der Waals surface area (Å²) >= 11 is 0. The minimum Gasteiger partial charge on any atom is -0.425 e. The van der Waals surface area contributed by atoms with Crippen molar-refractivity contribution in [3.05, 3.63) is 4.13 Å². The Labute approximate surface area is 214 Å². The number of sulfonamides is 2. The first-order valence-electron chi connectivity index (χ1n) is 10.2. The average Bonchev–Trinajstić information content (AvgIpc) is 3.20. The van der Waals surface area contributed by atoms with Crippen molar-refractivity contribution in [3.63, 3.8) is 0 Å². The van der Waals surface area contributed by atoms with Gasteiger partial charge in [0.25, 0.3) is 0 Å². The Balaban J connectivity index is 0.000000735. The molecule has 0 amide bonds. The number of rotatable bonds is 9. The molecule has 1 fully saturated rings. The van der Waals surface area contributed by atoms with E-state index in [1.807, 2.05) is 0 Å². The minimum atomic E-state index is -7.62. The van der Waals surface area contributed by atoms with Gasteiger partial charge < -0.3 is 21.9 Å². The van der Waals surface area contributed by atoms with Gasteiger partial charge in [0.2, 0.25) is 0 Å². The van der Waals surface area contributed by atoms with Crippen molar-refractivity contribution in [2.45, 2.75) is 62.0 Å². The summed E-state index contributed by atoms with van der Waals surface area (Å²) < 4.78 is 179. The number of quaternary nitrogens is 1. The minimum absolute atomic E-state index is 0.213. The summed E-state index contributed by atoms with van der Waals surface area (Å²) in [6, 6.07) is 0. The molecule has 1 rings (SSSR count). The van der Waals surface area contributed by atoms with Gasteiger partial charge in [-0.3, -0.25) is 0 Å². The molecule has 0 aliphatic carbocycles. The van der Waals surface area contributed by atoms with Crippen LogP contribution in [-0.4, -0.2) is 99.1 Å². The zero-order chi connectivity index (χ0) is 30.9. The lowest BCUT2D eigenvalue weighted by Crippen LogP contribution is -2.67. The standard InChI is InChI=1S/C12H28NO3Si.C4F10NO4S2/c1-12(2,3)13(9-7-8-10-13)11-17(14-4,15-5)16-6;5-1(6,7)3(11,12)20(16,17)15-21(18,19)4(13,14)2(8,9)10/h7-11H2,1-6H3;/q+1;-1. The van der Waals surface area contributed by atoms with Crippen LogP contribution < -0.4 is 0 Å². The lowest BCUT2D eigenvalue weighted by atomic mass is 10.0. The average molecular weight is 643 g/mol. The molecule has 230 valence electrons. The molecule has 0 atom stereocenters. The van der Waals surface area contributed by atoms with E-state index in [-0.39, 0.29) is 5.54 Å². The molecular weight excluding hydrogens is 614 g/mol. The lowest BCUT2D eigenvalue weighted by Gasteiger charge is -2.48. The molecule has 0 spiro atoms. The van der Waals surface area contributed by atoms with Crippen molar-refractivity contribution in [2.75, 3.05) is 40.6 Å². The van der Waals surface area contributed by atoms with Gasteiger partial charge in [0.15, 0.2) is 20.0 Å². The highest BCUT2D eigenvalue weighted by molar-refractivity contribution is 8.13. The summed E-state index contributed by atoms with van der Waals surface area (Å²) in [5.74, 6) is 0. The van der Waals surface area contributed by atoms with Crippen LogP contribution in [0.1, 0.15) is 33.6 Å². The van der Waals surface area contributed by atoms with Crippen LogP contribution in [0.25, 0.3) is 4.13 Å². The van der Waals surface area contributed by atoms with Crippen molar-refractivity contribution < 1.29 is 78.5 Å². The molecule has 1 aliphatic heterocycles. The Morgan fingerprint density at radius 3 is 1.18 bits per heavy atom. The zero-order valence-electron chi connectivity index (χ0n) is 20.9. The number of hydrogen-bond donors (Lipinski definition) is 0. The van der Waals surface area contributed by atoms with E-state index >= 15 is 0 Å². The summed E-state index contributed by atoms with van der Waals surface area (Å²) in [5, 5.41) is -14.0. The molecule has 1 heterocycles. The van der Waals surface area contributed by atoms with Crippen LogP contribution in [0.3, 0.4) is 0 Å². The van der Waals surface area contributed by atoms with Crippen LogP contribution in [0.15, 0.2) is 0 Å². The van der Waals surface area contributed by atoms with Crippen LogP contribution in [0, 0.1) is 0 Å². The lowest BCUT2D eigenvalue weighted by molar-refractivity contribution is -0.953. The molecule has 1 aliphatic rings. The van der Waals surface area contributed by atoms with Crippen molar-refractivity contribution in [1.82, 2.24) is 0 Å². The molecule has 22 heteroatoms. The largest absolute Gasteiger partial charge is 0.558 e. The third-order valence-corrected chi connectivity index (χ3v) is 12.0. The van der Waals surface area contributed by atoms with Gasteiger partial charge in [0.1, 0.15) is 6.17 Å². The summed E-state index contributed by atoms with van der Waals surface area (Å²) in [5.41, 5.74) is 0.213. The van der Waals surface area contributed by atoms with Gasteiger partial charge in [-0.1, -0.05) is 0 Å². The Hall–Kier alpha value is -0.783. The molecule has 0 N–H and O–H groups in total. The summed E-state index contributed by atoms with van der Waals surface area (Å²) in [6.45, 7) is 9.32. The van der Waals surface area contributed by atoms with Gasteiger partial charge in [-0.15, -0.1) is 0 Å². The first kappa shape index (κ1) is 37.2. The summed E-state index contributed by atoms with van der Waals surface area (Å²) in [7, 11) is -12.6. The fraction of sp³-hybridized carbons (Fsp3) is 1.00. The normalized spacial score (nSPS) is 18.2. The SMILES string of the molecule is CO[Si](C[N+]1(C(C)(C)C)CCCC1)(OC)OC.O=S(=O)([N-]S(=O)(=O)C(F)(F)C(F)(F)F)C(F)(F)C(F)(F)F. The number of hydrogen-bond acceptors (Lipinski definition) is 7. The second kappa shape index (κ2) is 11.6. The maximum atomic E-state index is 12.3. The molecular formula is C16H28F10N2O7S2Si. The monoisotopic (exact) mass is 642 g/mol. The Morgan fingerprint density at radius 1 is 0.684 bits per heavy atom. The van der Waals surface area contributed by atoms with Crippen LogP contribution in [0.5, 0.6) is 0 Å². The quantitative estimate of drug-likeness (QED) is 0.211. The van der Waals surface area contributed by atoms with Crippen LogP contribution in [0.2, 0.25) is 0 Å². The third kappa shape index (κ3) is 7.49. The van der Waals surface area contributed by atoms with E-state index in [4.69, 9.17) is 13.3 Å². The molecule has 9 nitrogen and oxygen atoms in total. The second-order valence-electron chi connectivity index (χ2n) is 8.98. The van der Waals surface area contributed by atoms with E-state index < -0.39 is 51.7 Å². The summed E-state index contributed by atoms with van der Waals surface area (Å²) in [4.78, 5) is 0. The highest BCUT2D eigenvalue weighted by atomic mass is 32.3. The van der Waals surface area contributed by atoms with Gasteiger partial charge in [-0.25, -0.2) is 16.8 Å². The Morgan fingerprint density at radius 2 is 0.974 bits per heavy atom. The molecule has 0 saturated carbocycles. The van der Waals surface area contributed by atoms with Gasteiger partial charge >= 0.3 is 31.7 Å². The third-order valence-electron chi connectivity index (χ3n) is 5.78. The van der Waals surface area contributed by atoms with E-state index in [1.54, 1.807) is 21.3 Å². The topological polar surface area (TPSA) is 110 Å². The van der Waals surface area contributed by atoms with Crippen molar-refractivity contribution in [1.29, 1.82) is 0 Å². The van der Waals surface area contributed by atoms with E-state index in [0.29, 0.717) is 4.13 Å². The van der Waals surface area contributed by atoms with Crippen molar-refractivity contribution >= 4 is 28.9 Å². The molecule has 0 radical (unpaired) electrons. The molecule has 0 aromatic heterocycles. The smallest absolute Gasteiger partial charge is 0.425 e. The highest BCUT2D eigenvalue weighted by Crippen LogP contribution is 2.47. The Bertz CT molecular complexity index is 941. The number of likely N-dealkylation sites (tertiary alicyclic amines) is 1. The fourth-order valence-electron chi connectivity index (χ4n) is 3.34. The van der Waals surface area contributed by atoms with E-state index in [2.05, 4.69) is 20.8 Å². The van der Waals surface area contributed by atoms with Crippen LogP contribution in [-0.2, 0) is 33.3 Å². The molecule has 0 bridgehead atoms. The predicted octanol–water partition coefficient (Wildman–Crippen LogP) is 4.14. The van der Waals surface area contributed by atoms with E-state index in [0.717, 1.165) is 10.7 Å². The number of halogens is 10. The zero-order valence-corrected chi connectivity index (χ0v) is 23.5. The first-order valence-corrected chi connectivity index (χ1v) is 15.0. The number of alkyl halides is 10. The molecule has 0 aromatic carbocycles. The van der Waals surface area contributed by atoms with Crippen molar-refractivity contribution in [2.24, 2.45) is 0 Å². The maximum Gasteiger partial charge on any atom is 0.558 e. The predicted molar refractivity (Wildman–Crippen MR) is 114 cm³/mol. The maximum absolute atomic E-state index is 12.3. The summed E-state index contributed by atoms with van der Waals surface area (Å²) in [6.07, 6.45) is -10.5. The fourth-order valence-corrected chi connectivity index (χ4v) is 8.12. The second-order valence-corrected chi connectivity index (χ2v) is 15.4. The molecule has 1 saturated heterocycles. The molecule has 0 aromatic rings. The Kier molecular flexibility index (Phi) is 11.4. The number of nitrogens with zero attached hydrogens (tertiary/aromatic N) is 2. The highest BCUT2D eigenvalue weighted by Gasteiger charge is 2.68.